The van der Waals surface area contributed by atoms with E-state index in [1.54, 1.807) is 23.1 Å². The average Bonchev–Trinajstić information content (AvgIpc) is 2.94. The normalized spacial score (nSPS) is 18.4. The molecular weight excluding hydrogens is 365 g/mol. The van der Waals surface area contributed by atoms with Crippen LogP contribution in [0.5, 0.6) is 0 Å². The summed E-state index contributed by atoms with van der Waals surface area (Å²) in [5.74, 6) is 0.0000126. The largest absolute Gasteiger partial charge is 0.369 e. The van der Waals surface area contributed by atoms with Crippen LogP contribution in [0.15, 0.2) is 39.8 Å². The number of aliphatic imine (C=N–C) groups is 1. The zero-order valence-corrected chi connectivity index (χ0v) is 13.3. The maximum atomic E-state index is 14.0. The third-order valence-corrected chi connectivity index (χ3v) is 5.67. The summed E-state index contributed by atoms with van der Waals surface area (Å²) in [5.41, 5.74) is 6.35. The number of nitrogens with zero attached hydrogens (tertiary/aromatic N) is 2. The fraction of sp³-hybridized carbons (Fsp3) is 0.154. The molecule has 104 valence electrons. The van der Waals surface area contributed by atoms with Crippen LogP contribution in [0.4, 0.5) is 10.1 Å². The summed E-state index contributed by atoms with van der Waals surface area (Å²) in [7, 11) is 0. The van der Waals surface area contributed by atoms with E-state index in [1.807, 2.05) is 6.07 Å². The first-order chi connectivity index (χ1) is 9.58. The van der Waals surface area contributed by atoms with Crippen LogP contribution >= 0.6 is 38.9 Å². The Labute approximate surface area is 133 Å². The number of benzene rings is 1. The number of halogens is 3. The molecule has 0 bridgehead atoms. The number of guanidine groups is 1. The van der Waals surface area contributed by atoms with Crippen molar-refractivity contribution in [3.05, 3.63) is 49.8 Å². The van der Waals surface area contributed by atoms with Crippen molar-refractivity contribution in [1.82, 2.24) is 0 Å². The summed E-state index contributed by atoms with van der Waals surface area (Å²) in [4.78, 5) is 6.94. The zero-order chi connectivity index (χ0) is 14.3. The lowest BCUT2D eigenvalue weighted by Gasteiger charge is -2.25. The first-order valence-electron chi connectivity index (χ1n) is 5.86. The smallest absolute Gasteiger partial charge is 0.196 e. The lowest BCUT2D eigenvalue weighted by molar-refractivity contribution is 0.620. The third kappa shape index (κ3) is 2.32. The van der Waals surface area contributed by atoms with Gasteiger partial charge in [-0.25, -0.2) is 4.39 Å². The summed E-state index contributed by atoms with van der Waals surface area (Å²) < 4.78 is 15.5. The molecule has 1 atom stereocenters. The van der Waals surface area contributed by atoms with Crippen LogP contribution in [0, 0.1) is 5.82 Å². The van der Waals surface area contributed by atoms with E-state index in [-0.39, 0.29) is 11.9 Å². The van der Waals surface area contributed by atoms with Crippen molar-refractivity contribution < 1.29 is 4.39 Å². The molecule has 0 aliphatic carbocycles. The van der Waals surface area contributed by atoms with Crippen LogP contribution in [-0.2, 0) is 0 Å². The third-order valence-electron chi connectivity index (χ3n) is 3.09. The second-order valence-electron chi connectivity index (χ2n) is 4.31. The molecule has 3 rings (SSSR count). The molecule has 1 aliphatic rings. The predicted molar refractivity (Wildman–Crippen MR) is 85.1 cm³/mol. The highest BCUT2D eigenvalue weighted by atomic mass is 79.9. The molecule has 0 saturated carbocycles. The summed E-state index contributed by atoms with van der Waals surface area (Å²) in [6.07, 6.45) is 0. The number of hydrogen-bond donors (Lipinski definition) is 1. The van der Waals surface area contributed by atoms with Crippen LogP contribution in [0.2, 0.25) is 4.34 Å². The first kappa shape index (κ1) is 13.9. The highest BCUT2D eigenvalue weighted by Crippen LogP contribution is 2.40. The fourth-order valence-electron chi connectivity index (χ4n) is 2.18. The number of thiophene rings is 1. The van der Waals surface area contributed by atoms with Crippen molar-refractivity contribution in [2.24, 2.45) is 10.7 Å². The Bertz CT molecular complexity index is 669. The van der Waals surface area contributed by atoms with Crippen LogP contribution in [0.3, 0.4) is 0 Å². The number of nitrogens with two attached hydrogens (primary N) is 1. The molecule has 2 aromatic rings. The topological polar surface area (TPSA) is 41.6 Å². The highest BCUT2D eigenvalue weighted by molar-refractivity contribution is 9.10. The SMILES string of the molecule is NC1=NCC(c2cc(Br)c(Cl)s2)N1c1ccccc1F. The Morgan fingerprint density at radius 2 is 2.20 bits per heavy atom. The minimum absolute atomic E-state index is 0.124. The summed E-state index contributed by atoms with van der Waals surface area (Å²) in [5, 5.41) is 0. The minimum Gasteiger partial charge on any atom is -0.369 e. The van der Waals surface area contributed by atoms with Gasteiger partial charge in [0.15, 0.2) is 5.96 Å². The Kier molecular flexibility index (Phi) is 3.70. The monoisotopic (exact) mass is 373 g/mol. The molecule has 0 radical (unpaired) electrons. The lowest BCUT2D eigenvalue weighted by Crippen LogP contribution is -2.36. The molecule has 0 amide bonds. The van der Waals surface area contributed by atoms with Crippen LogP contribution < -0.4 is 10.6 Å². The Hall–Kier alpha value is -1.11. The molecule has 1 aromatic carbocycles. The Balaban J connectivity index is 2.03. The zero-order valence-electron chi connectivity index (χ0n) is 10.2. The molecule has 1 aromatic heterocycles. The molecular formula is C13H10BrClFN3S. The van der Waals surface area contributed by atoms with E-state index < -0.39 is 0 Å². The van der Waals surface area contributed by atoms with Crippen molar-refractivity contribution >= 4 is 50.5 Å². The van der Waals surface area contributed by atoms with Gasteiger partial charge >= 0.3 is 0 Å². The van der Waals surface area contributed by atoms with Gasteiger partial charge in [0.25, 0.3) is 0 Å². The number of para-hydroxylation sites is 1. The summed E-state index contributed by atoms with van der Waals surface area (Å²) >= 11 is 10.9. The molecule has 0 saturated heterocycles. The molecule has 20 heavy (non-hydrogen) atoms. The van der Waals surface area contributed by atoms with E-state index in [2.05, 4.69) is 20.9 Å². The first-order valence-corrected chi connectivity index (χ1v) is 7.85. The number of anilines is 1. The predicted octanol–water partition coefficient (Wildman–Crippen LogP) is 4.18. The summed E-state index contributed by atoms with van der Waals surface area (Å²) in [6.45, 7) is 0.490. The number of hydrogen-bond acceptors (Lipinski definition) is 4. The molecule has 0 fully saturated rings. The van der Waals surface area contributed by atoms with Gasteiger partial charge in [-0.15, -0.1) is 11.3 Å². The van der Waals surface area contributed by atoms with E-state index >= 15 is 0 Å². The van der Waals surface area contributed by atoms with E-state index in [0.29, 0.717) is 22.5 Å². The maximum absolute atomic E-state index is 14.0. The minimum atomic E-state index is -0.320. The standard InChI is InChI=1S/C13H10BrClFN3S/c14-7-5-11(20-12(7)15)10-6-18-13(17)19(10)9-4-2-1-3-8(9)16/h1-5,10H,6H2,(H2,17,18). The Morgan fingerprint density at radius 3 is 2.85 bits per heavy atom. The quantitative estimate of drug-likeness (QED) is 0.857. The summed E-state index contributed by atoms with van der Waals surface area (Å²) in [6, 6.07) is 8.34. The van der Waals surface area contributed by atoms with Crippen LogP contribution in [0.1, 0.15) is 10.9 Å². The molecule has 3 nitrogen and oxygen atoms in total. The highest BCUT2D eigenvalue weighted by Gasteiger charge is 2.32. The van der Waals surface area contributed by atoms with Gasteiger partial charge in [-0.05, 0) is 34.1 Å². The van der Waals surface area contributed by atoms with Gasteiger partial charge in [-0.2, -0.15) is 0 Å². The van der Waals surface area contributed by atoms with Crippen LogP contribution in [0.25, 0.3) is 0 Å². The lowest BCUT2D eigenvalue weighted by atomic mass is 10.2. The van der Waals surface area contributed by atoms with E-state index in [9.17, 15) is 4.39 Å². The molecule has 7 heteroatoms. The molecule has 2 N–H and O–H groups in total. The van der Waals surface area contributed by atoms with Gasteiger partial charge in [0.2, 0.25) is 0 Å². The van der Waals surface area contributed by atoms with Gasteiger partial charge in [-0.1, -0.05) is 23.7 Å². The van der Waals surface area contributed by atoms with Crippen molar-refractivity contribution in [3.8, 4) is 0 Å². The van der Waals surface area contributed by atoms with Crippen molar-refractivity contribution in [2.75, 3.05) is 11.4 Å². The second kappa shape index (κ2) is 5.35. The average molecular weight is 375 g/mol. The van der Waals surface area contributed by atoms with Crippen molar-refractivity contribution in [2.45, 2.75) is 6.04 Å². The van der Waals surface area contributed by atoms with Crippen molar-refractivity contribution in [3.63, 3.8) is 0 Å². The van der Waals surface area contributed by atoms with Crippen LogP contribution in [-0.4, -0.2) is 12.5 Å². The maximum Gasteiger partial charge on any atom is 0.196 e. The van der Waals surface area contributed by atoms with E-state index in [1.165, 1.54) is 17.4 Å². The van der Waals surface area contributed by atoms with Gasteiger partial charge < -0.3 is 5.73 Å². The Morgan fingerprint density at radius 1 is 1.45 bits per heavy atom. The van der Waals surface area contributed by atoms with E-state index in [4.69, 9.17) is 17.3 Å². The molecule has 0 spiro atoms. The van der Waals surface area contributed by atoms with E-state index in [0.717, 1.165) is 9.35 Å². The number of rotatable bonds is 2. The fourth-order valence-corrected chi connectivity index (χ4v) is 4.00. The molecule has 2 heterocycles. The van der Waals surface area contributed by atoms with Gasteiger partial charge in [0, 0.05) is 9.35 Å². The van der Waals surface area contributed by atoms with Gasteiger partial charge in [-0.3, -0.25) is 9.89 Å². The molecule has 1 aliphatic heterocycles. The van der Waals surface area contributed by atoms with Crippen molar-refractivity contribution in [1.29, 1.82) is 0 Å². The van der Waals surface area contributed by atoms with Gasteiger partial charge in [0.1, 0.15) is 10.2 Å². The molecule has 1 unspecified atom stereocenters. The van der Waals surface area contributed by atoms with Gasteiger partial charge in [0.05, 0.1) is 18.3 Å². The second-order valence-corrected chi connectivity index (χ2v) is 6.85.